The van der Waals surface area contributed by atoms with Crippen molar-refractivity contribution in [2.45, 2.75) is 0 Å². The van der Waals surface area contributed by atoms with E-state index < -0.39 is 16.8 Å². The van der Waals surface area contributed by atoms with Gasteiger partial charge >= 0.3 is 5.97 Å². The lowest BCUT2D eigenvalue weighted by molar-refractivity contribution is -0.384. The van der Waals surface area contributed by atoms with Crippen molar-refractivity contribution >= 4 is 49.8 Å². The molecule has 0 aliphatic carbocycles. The zero-order valence-electron chi connectivity index (χ0n) is 14.5. The van der Waals surface area contributed by atoms with Crippen LogP contribution >= 0.6 is 27.3 Å². The van der Waals surface area contributed by atoms with Crippen LogP contribution in [0, 0.1) is 10.1 Å². The second kappa shape index (κ2) is 8.32. The SMILES string of the molecule is COC(=O)c1c(-c2ccc(Br)cc2)csc1NC(=O)c1cccc([N+](=O)[O-])c1. The molecule has 0 spiro atoms. The van der Waals surface area contributed by atoms with Crippen molar-refractivity contribution in [3.05, 3.63) is 79.6 Å². The van der Waals surface area contributed by atoms with Gasteiger partial charge in [0.25, 0.3) is 11.6 Å². The van der Waals surface area contributed by atoms with Crippen LogP contribution in [0.25, 0.3) is 11.1 Å². The monoisotopic (exact) mass is 460 g/mol. The molecule has 1 aromatic heterocycles. The first-order valence-electron chi connectivity index (χ1n) is 7.92. The molecule has 28 heavy (non-hydrogen) atoms. The number of rotatable bonds is 5. The fourth-order valence-corrected chi connectivity index (χ4v) is 3.75. The highest BCUT2D eigenvalue weighted by atomic mass is 79.9. The summed E-state index contributed by atoms with van der Waals surface area (Å²) in [5.74, 6) is -1.15. The summed E-state index contributed by atoms with van der Waals surface area (Å²) in [7, 11) is 1.26. The topological polar surface area (TPSA) is 98.5 Å². The molecule has 142 valence electrons. The first kappa shape index (κ1) is 19.7. The number of ether oxygens (including phenoxy) is 1. The fourth-order valence-electron chi connectivity index (χ4n) is 2.53. The highest BCUT2D eigenvalue weighted by Gasteiger charge is 2.23. The van der Waals surface area contributed by atoms with Gasteiger partial charge in [-0.25, -0.2) is 4.79 Å². The minimum absolute atomic E-state index is 0.114. The Kier molecular flexibility index (Phi) is 5.86. The lowest BCUT2D eigenvalue weighted by Crippen LogP contribution is -2.14. The number of amides is 1. The van der Waals surface area contributed by atoms with Crippen LogP contribution in [-0.2, 0) is 4.74 Å². The van der Waals surface area contributed by atoms with Gasteiger partial charge in [-0.05, 0) is 23.8 Å². The summed E-state index contributed by atoms with van der Waals surface area (Å²) in [5, 5.41) is 15.6. The van der Waals surface area contributed by atoms with Gasteiger partial charge in [-0.3, -0.25) is 14.9 Å². The van der Waals surface area contributed by atoms with Gasteiger partial charge < -0.3 is 10.1 Å². The maximum atomic E-state index is 12.6. The first-order valence-corrected chi connectivity index (χ1v) is 9.59. The van der Waals surface area contributed by atoms with E-state index in [1.54, 1.807) is 5.38 Å². The first-order chi connectivity index (χ1) is 13.4. The molecule has 9 heteroatoms. The van der Waals surface area contributed by atoms with E-state index in [1.807, 2.05) is 24.3 Å². The number of non-ortho nitro benzene ring substituents is 1. The number of esters is 1. The zero-order valence-corrected chi connectivity index (χ0v) is 16.9. The van der Waals surface area contributed by atoms with Crippen molar-refractivity contribution < 1.29 is 19.2 Å². The molecule has 0 aliphatic heterocycles. The Balaban J connectivity index is 1.97. The molecule has 3 aromatic rings. The number of hydrogen-bond acceptors (Lipinski definition) is 6. The quantitative estimate of drug-likeness (QED) is 0.323. The van der Waals surface area contributed by atoms with Crippen LogP contribution in [0.5, 0.6) is 0 Å². The van der Waals surface area contributed by atoms with Gasteiger partial charge in [-0.15, -0.1) is 11.3 Å². The number of nitro benzene ring substituents is 1. The molecular weight excluding hydrogens is 448 g/mol. The number of carbonyl (C=O) groups is 2. The van der Waals surface area contributed by atoms with E-state index in [9.17, 15) is 19.7 Å². The lowest BCUT2D eigenvalue weighted by atomic mass is 10.0. The Morgan fingerprint density at radius 3 is 2.54 bits per heavy atom. The Morgan fingerprint density at radius 2 is 1.89 bits per heavy atom. The summed E-state index contributed by atoms with van der Waals surface area (Å²) in [6.45, 7) is 0. The highest BCUT2D eigenvalue weighted by Crippen LogP contribution is 2.37. The van der Waals surface area contributed by atoms with Crippen molar-refractivity contribution in [2.75, 3.05) is 12.4 Å². The van der Waals surface area contributed by atoms with Crippen molar-refractivity contribution in [1.82, 2.24) is 0 Å². The molecule has 0 saturated heterocycles. The van der Waals surface area contributed by atoms with Gasteiger partial charge in [0, 0.05) is 33.1 Å². The van der Waals surface area contributed by atoms with Crippen molar-refractivity contribution in [1.29, 1.82) is 0 Å². The fraction of sp³-hybridized carbons (Fsp3) is 0.0526. The normalized spacial score (nSPS) is 10.4. The van der Waals surface area contributed by atoms with E-state index in [0.717, 1.165) is 10.0 Å². The molecular formula is C19H13BrN2O5S. The van der Waals surface area contributed by atoms with E-state index in [0.29, 0.717) is 10.6 Å². The van der Waals surface area contributed by atoms with Crippen molar-refractivity contribution in [3.8, 4) is 11.1 Å². The second-order valence-corrected chi connectivity index (χ2v) is 7.41. The van der Waals surface area contributed by atoms with Crippen LogP contribution in [0.1, 0.15) is 20.7 Å². The summed E-state index contributed by atoms with van der Waals surface area (Å²) in [4.78, 5) is 35.2. The van der Waals surface area contributed by atoms with Gasteiger partial charge in [-0.1, -0.05) is 34.1 Å². The van der Waals surface area contributed by atoms with E-state index >= 15 is 0 Å². The van der Waals surface area contributed by atoms with Gasteiger partial charge in [0.15, 0.2) is 0 Å². The van der Waals surface area contributed by atoms with Crippen LogP contribution in [0.2, 0.25) is 0 Å². The second-order valence-electron chi connectivity index (χ2n) is 5.61. The third-order valence-electron chi connectivity index (χ3n) is 3.88. The predicted molar refractivity (Wildman–Crippen MR) is 110 cm³/mol. The summed E-state index contributed by atoms with van der Waals surface area (Å²) in [6, 6.07) is 12.7. The third-order valence-corrected chi connectivity index (χ3v) is 5.31. The zero-order chi connectivity index (χ0) is 20.3. The molecule has 3 rings (SSSR count). The average molecular weight is 461 g/mol. The maximum Gasteiger partial charge on any atom is 0.341 e. The van der Waals surface area contributed by atoms with Crippen LogP contribution in [0.3, 0.4) is 0 Å². The molecule has 0 unspecified atom stereocenters. The third kappa shape index (κ3) is 4.10. The average Bonchev–Trinajstić information content (AvgIpc) is 3.11. The number of benzene rings is 2. The molecule has 1 heterocycles. The minimum atomic E-state index is -0.589. The lowest BCUT2D eigenvalue weighted by Gasteiger charge is -2.08. The number of nitrogens with one attached hydrogen (secondary N) is 1. The Labute approximate surface area is 172 Å². The molecule has 0 radical (unpaired) electrons. The Morgan fingerprint density at radius 1 is 1.18 bits per heavy atom. The van der Waals surface area contributed by atoms with E-state index in [-0.39, 0.29) is 16.8 Å². The highest BCUT2D eigenvalue weighted by molar-refractivity contribution is 9.10. The number of halogens is 1. The standard InChI is InChI=1S/C19H13BrN2O5S/c1-27-19(24)16-15(11-5-7-13(20)8-6-11)10-28-18(16)21-17(23)12-3-2-4-14(9-12)22(25)26/h2-10H,1H3,(H,21,23). The largest absolute Gasteiger partial charge is 0.465 e. The smallest absolute Gasteiger partial charge is 0.341 e. The van der Waals surface area contributed by atoms with Gasteiger partial charge in [0.05, 0.1) is 12.0 Å². The predicted octanol–water partition coefficient (Wildman–Crippen LogP) is 5.12. The number of anilines is 1. The summed E-state index contributed by atoms with van der Waals surface area (Å²) < 4.78 is 5.77. The molecule has 1 N–H and O–H groups in total. The number of nitrogens with zero attached hydrogens (tertiary/aromatic N) is 1. The molecule has 1 amide bonds. The molecule has 0 saturated carbocycles. The van der Waals surface area contributed by atoms with Crippen LogP contribution in [0.4, 0.5) is 10.7 Å². The number of hydrogen-bond donors (Lipinski definition) is 1. The summed E-state index contributed by atoms with van der Waals surface area (Å²) in [6.07, 6.45) is 0. The molecule has 0 bridgehead atoms. The van der Waals surface area contributed by atoms with Crippen molar-refractivity contribution in [2.24, 2.45) is 0 Å². The van der Waals surface area contributed by atoms with Crippen LogP contribution in [0.15, 0.2) is 58.4 Å². The number of methoxy groups -OCH3 is 1. The van der Waals surface area contributed by atoms with Crippen LogP contribution in [-0.4, -0.2) is 23.9 Å². The van der Waals surface area contributed by atoms with E-state index in [4.69, 9.17) is 4.74 Å². The summed E-state index contributed by atoms with van der Waals surface area (Å²) >= 11 is 4.54. The molecule has 7 nitrogen and oxygen atoms in total. The van der Waals surface area contributed by atoms with E-state index in [1.165, 1.54) is 42.7 Å². The molecule has 2 aromatic carbocycles. The van der Waals surface area contributed by atoms with Crippen LogP contribution < -0.4 is 5.32 Å². The number of thiophene rings is 1. The van der Waals surface area contributed by atoms with Gasteiger partial charge in [0.2, 0.25) is 0 Å². The maximum absolute atomic E-state index is 12.6. The number of nitro groups is 1. The Hall–Kier alpha value is -3.04. The number of carbonyl (C=O) groups excluding carboxylic acids is 2. The van der Waals surface area contributed by atoms with Gasteiger partial charge in [0.1, 0.15) is 10.6 Å². The molecule has 0 aliphatic rings. The minimum Gasteiger partial charge on any atom is -0.465 e. The molecule has 0 fully saturated rings. The summed E-state index contributed by atoms with van der Waals surface area (Å²) in [5.41, 5.74) is 1.56. The Bertz CT molecular complexity index is 1060. The van der Waals surface area contributed by atoms with E-state index in [2.05, 4.69) is 21.2 Å². The van der Waals surface area contributed by atoms with Crippen molar-refractivity contribution in [3.63, 3.8) is 0 Å². The molecule has 0 atom stereocenters. The van der Waals surface area contributed by atoms with Gasteiger partial charge in [-0.2, -0.15) is 0 Å².